The Kier molecular flexibility index (Phi) is 5.86. The van der Waals surface area contributed by atoms with E-state index < -0.39 is 0 Å². The summed E-state index contributed by atoms with van der Waals surface area (Å²) in [6.07, 6.45) is 2.05. The Hall–Kier alpha value is 0.290. The van der Waals surface area contributed by atoms with Gasteiger partial charge in [-0.3, -0.25) is 4.79 Å². The zero-order valence-electron chi connectivity index (χ0n) is 11.1. The fraction of sp³-hybridized carbons (Fsp3) is 0.923. The zero-order chi connectivity index (χ0) is 13.0. The second-order valence-corrected chi connectivity index (χ2v) is 7.20. The van der Waals surface area contributed by atoms with Gasteiger partial charge in [-0.1, -0.05) is 0 Å². The zero-order valence-corrected chi connectivity index (χ0v) is 12.7. The fourth-order valence-electron chi connectivity index (χ4n) is 2.92. The molecule has 0 aromatic carbocycles. The molecule has 3 nitrogen and oxygen atoms in total. The average molecular weight is 290 g/mol. The second kappa shape index (κ2) is 7.17. The van der Waals surface area contributed by atoms with E-state index >= 15 is 0 Å². The van der Waals surface area contributed by atoms with Crippen molar-refractivity contribution < 1.29 is 14.3 Å². The largest absolute Gasteiger partial charge is 0.381 e. The molecule has 0 spiro atoms. The summed E-state index contributed by atoms with van der Waals surface area (Å²) in [6.45, 7) is 0. The van der Waals surface area contributed by atoms with E-state index in [0.717, 1.165) is 29.4 Å². The lowest BCUT2D eigenvalue weighted by Crippen LogP contribution is -2.47. The van der Waals surface area contributed by atoms with Crippen LogP contribution in [0.2, 0.25) is 0 Å². The van der Waals surface area contributed by atoms with Crippen LogP contribution in [0.25, 0.3) is 0 Å². The first-order chi connectivity index (χ1) is 8.77. The molecule has 2 saturated heterocycles. The minimum Gasteiger partial charge on any atom is -0.381 e. The van der Waals surface area contributed by atoms with Gasteiger partial charge in [-0.15, -0.1) is 0 Å². The number of hydrogen-bond donors (Lipinski definition) is 0. The normalized spacial score (nSPS) is 35.4. The highest BCUT2D eigenvalue weighted by Gasteiger charge is 2.40. The van der Waals surface area contributed by atoms with Crippen LogP contribution in [0.1, 0.15) is 12.8 Å². The molecule has 5 heteroatoms. The Labute approximate surface area is 118 Å². The minimum atomic E-state index is 0.0306. The third kappa shape index (κ3) is 3.24. The van der Waals surface area contributed by atoms with Crippen LogP contribution in [0.4, 0.5) is 0 Å². The van der Waals surface area contributed by atoms with E-state index in [9.17, 15) is 4.79 Å². The van der Waals surface area contributed by atoms with Gasteiger partial charge in [-0.05, 0) is 12.2 Å². The second-order valence-electron chi connectivity index (χ2n) is 4.90. The van der Waals surface area contributed by atoms with Crippen molar-refractivity contribution in [3.63, 3.8) is 0 Å². The molecule has 18 heavy (non-hydrogen) atoms. The van der Waals surface area contributed by atoms with Gasteiger partial charge in [0, 0.05) is 43.8 Å². The van der Waals surface area contributed by atoms with Crippen LogP contribution in [0.5, 0.6) is 0 Å². The molecule has 0 amide bonds. The van der Waals surface area contributed by atoms with Gasteiger partial charge in [-0.25, -0.2) is 0 Å². The topological polar surface area (TPSA) is 35.5 Å². The van der Waals surface area contributed by atoms with Gasteiger partial charge in [0.25, 0.3) is 0 Å². The maximum Gasteiger partial charge on any atom is 0.140 e. The van der Waals surface area contributed by atoms with Crippen molar-refractivity contribution in [2.45, 2.75) is 25.0 Å². The monoisotopic (exact) mass is 290 g/mol. The van der Waals surface area contributed by atoms with E-state index in [1.165, 1.54) is 0 Å². The van der Waals surface area contributed by atoms with E-state index in [2.05, 4.69) is 0 Å². The first-order valence-electron chi connectivity index (χ1n) is 6.51. The maximum absolute atomic E-state index is 12.1. The lowest BCUT2D eigenvalue weighted by molar-refractivity contribution is -0.130. The molecule has 0 unspecified atom stereocenters. The third-order valence-corrected chi connectivity index (χ3v) is 6.16. The van der Waals surface area contributed by atoms with E-state index in [-0.39, 0.29) is 18.1 Å². The van der Waals surface area contributed by atoms with E-state index in [0.29, 0.717) is 18.1 Å². The number of hydrogen-bond acceptors (Lipinski definition) is 5. The molecule has 0 bridgehead atoms. The van der Waals surface area contributed by atoms with Gasteiger partial charge in [0.15, 0.2) is 0 Å². The SMILES string of the molecule is CO[C@@H]([C@@H]1CSCC[C@@H]1OC)[C@H]1CSCCC1=O. The predicted octanol–water partition coefficient (Wildman–Crippen LogP) is 2.09. The highest BCUT2D eigenvalue weighted by Crippen LogP contribution is 2.35. The van der Waals surface area contributed by atoms with Gasteiger partial charge in [-0.2, -0.15) is 23.5 Å². The highest BCUT2D eigenvalue weighted by atomic mass is 32.2. The molecule has 0 aliphatic carbocycles. The van der Waals surface area contributed by atoms with Crippen LogP contribution in [0, 0.1) is 11.8 Å². The number of rotatable bonds is 4. The number of Topliss-reactive ketones (excluding diaryl/α,β-unsaturated/α-hetero) is 1. The standard InChI is InChI=1S/C13H22O3S2/c1-15-12-4-6-18-8-10(12)13(16-2)9-7-17-5-3-11(9)14/h9-10,12-13H,3-8H2,1-2H3/t9-,10+,12-,13+/m0/s1. The first kappa shape index (κ1) is 14.7. The van der Waals surface area contributed by atoms with Crippen LogP contribution in [-0.2, 0) is 14.3 Å². The summed E-state index contributed by atoms with van der Waals surface area (Å²) in [5.74, 6) is 4.88. The van der Waals surface area contributed by atoms with Gasteiger partial charge >= 0.3 is 0 Å². The van der Waals surface area contributed by atoms with Crippen molar-refractivity contribution in [2.75, 3.05) is 37.2 Å². The van der Waals surface area contributed by atoms with Gasteiger partial charge in [0.05, 0.1) is 18.1 Å². The highest BCUT2D eigenvalue weighted by molar-refractivity contribution is 7.99. The molecule has 2 heterocycles. The van der Waals surface area contributed by atoms with Gasteiger partial charge in [0.2, 0.25) is 0 Å². The average Bonchev–Trinajstić information content (AvgIpc) is 2.42. The number of ketones is 1. The summed E-state index contributed by atoms with van der Waals surface area (Å²) in [7, 11) is 3.51. The number of methoxy groups -OCH3 is 2. The van der Waals surface area contributed by atoms with E-state index in [1.807, 2.05) is 23.5 Å². The molecule has 2 rings (SSSR count). The molecule has 0 aromatic heterocycles. The molecule has 0 aromatic rings. The molecule has 2 aliphatic heterocycles. The molecule has 2 aliphatic rings. The van der Waals surface area contributed by atoms with Crippen LogP contribution in [0.15, 0.2) is 0 Å². The predicted molar refractivity (Wildman–Crippen MR) is 77.5 cm³/mol. The van der Waals surface area contributed by atoms with Gasteiger partial charge < -0.3 is 9.47 Å². The Bertz CT molecular complexity index is 285. The molecule has 104 valence electrons. The van der Waals surface area contributed by atoms with Crippen molar-refractivity contribution >= 4 is 29.3 Å². The molecular weight excluding hydrogens is 268 g/mol. The van der Waals surface area contributed by atoms with Crippen LogP contribution < -0.4 is 0 Å². The minimum absolute atomic E-state index is 0.0306. The summed E-state index contributed by atoms with van der Waals surface area (Å²) in [4.78, 5) is 12.1. The molecule has 2 fully saturated rings. The lowest BCUT2D eigenvalue weighted by Gasteiger charge is -2.39. The fourth-order valence-corrected chi connectivity index (χ4v) is 5.30. The van der Waals surface area contributed by atoms with E-state index in [4.69, 9.17) is 9.47 Å². The van der Waals surface area contributed by atoms with Crippen molar-refractivity contribution in [1.29, 1.82) is 0 Å². The number of ether oxygens (including phenoxy) is 2. The maximum atomic E-state index is 12.1. The van der Waals surface area contributed by atoms with E-state index in [1.54, 1.807) is 14.2 Å². The third-order valence-electron chi connectivity index (χ3n) is 3.93. The summed E-state index contributed by atoms with van der Waals surface area (Å²) in [6, 6.07) is 0. The molecule has 0 radical (unpaired) electrons. The Morgan fingerprint density at radius 2 is 2.00 bits per heavy atom. The number of thioether (sulfide) groups is 2. The quantitative estimate of drug-likeness (QED) is 0.792. The van der Waals surface area contributed by atoms with Crippen molar-refractivity contribution in [3.05, 3.63) is 0 Å². The summed E-state index contributed by atoms with van der Waals surface area (Å²) >= 11 is 3.83. The van der Waals surface area contributed by atoms with Crippen LogP contribution in [0.3, 0.4) is 0 Å². The Morgan fingerprint density at radius 1 is 1.22 bits per heavy atom. The van der Waals surface area contributed by atoms with Crippen molar-refractivity contribution in [2.24, 2.45) is 11.8 Å². The number of carbonyl (C=O) groups is 1. The summed E-state index contributed by atoms with van der Waals surface area (Å²) in [5, 5.41) is 0. The van der Waals surface area contributed by atoms with Crippen molar-refractivity contribution in [3.8, 4) is 0 Å². The Balaban J connectivity index is 2.07. The Morgan fingerprint density at radius 3 is 2.67 bits per heavy atom. The van der Waals surface area contributed by atoms with Crippen LogP contribution in [-0.4, -0.2) is 55.2 Å². The molecular formula is C13H22O3S2. The molecule has 4 atom stereocenters. The van der Waals surface area contributed by atoms with Gasteiger partial charge in [0.1, 0.15) is 5.78 Å². The smallest absolute Gasteiger partial charge is 0.140 e. The summed E-state index contributed by atoms with van der Waals surface area (Å²) in [5.41, 5.74) is 0. The van der Waals surface area contributed by atoms with Crippen LogP contribution >= 0.6 is 23.5 Å². The first-order valence-corrected chi connectivity index (χ1v) is 8.82. The number of carbonyl (C=O) groups excluding carboxylic acids is 1. The molecule has 0 N–H and O–H groups in total. The van der Waals surface area contributed by atoms with Crippen molar-refractivity contribution in [1.82, 2.24) is 0 Å². The lowest BCUT2D eigenvalue weighted by atomic mass is 9.84. The molecule has 0 saturated carbocycles. The summed E-state index contributed by atoms with van der Waals surface area (Å²) < 4.78 is 11.3.